The topological polar surface area (TPSA) is 3.24 Å². The first-order chi connectivity index (χ1) is 32.4. The van der Waals surface area contributed by atoms with Crippen molar-refractivity contribution in [2.24, 2.45) is 0 Å². The van der Waals surface area contributed by atoms with Gasteiger partial charge in [0.1, 0.15) is 0 Å². The third-order valence-electron chi connectivity index (χ3n) is 15.5. The standard InChI is InChI=1S/C66H55N/c1-8-14-42-23-32-52-53-33-24-43(38-59(53)65(4,5)58(52)37-42)21-22-44-25-34-54-56-36-31-49(41-62(56)66(6,7)60(54)39-44)67(63-20-13-16-46-15-9-10-17-50(46)63)48-29-26-45(27-30-48)47-28-35-55-51-18-11-12-19-57(51)64(2,3)61(55)40-47/h8-41H,1-7H3. The smallest absolute Gasteiger partial charge is 0.0540 e. The van der Waals surface area contributed by atoms with Crippen LogP contribution in [0.5, 0.6) is 0 Å². The van der Waals surface area contributed by atoms with E-state index in [2.05, 4.69) is 260 Å². The third kappa shape index (κ3) is 6.35. The minimum absolute atomic E-state index is 0.0438. The van der Waals surface area contributed by atoms with E-state index in [-0.39, 0.29) is 16.2 Å². The summed E-state index contributed by atoms with van der Waals surface area (Å²) in [5.74, 6) is 0. The third-order valence-corrected chi connectivity index (χ3v) is 15.5. The number of hydrogen-bond acceptors (Lipinski definition) is 1. The zero-order valence-electron chi connectivity index (χ0n) is 39.6. The Morgan fingerprint density at radius 2 is 0.791 bits per heavy atom. The molecule has 0 N–H and O–H groups in total. The maximum Gasteiger partial charge on any atom is 0.0540 e. The molecule has 9 aromatic rings. The summed E-state index contributed by atoms with van der Waals surface area (Å²) in [7, 11) is 0. The lowest BCUT2D eigenvalue weighted by Crippen LogP contribution is -2.17. The van der Waals surface area contributed by atoms with Gasteiger partial charge in [-0.2, -0.15) is 0 Å². The highest BCUT2D eigenvalue weighted by Crippen LogP contribution is 2.53. The number of anilines is 3. The summed E-state index contributed by atoms with van der Waals surface area (Å²) in [4.78, 5) is 2.46. The van der Waals surface area contributed by atoms with Gasteiger partial charge < -0.3 is 4.90 Å². The van der Waals surface area contributed by atoms with Gasteiger partial charge in [0.05, 0.1) is 5.69 Å². The van der Waals surface area contributed by atoms with Gasteiger partial charge >= 0.3 is 0 Å². The van der Waals surface area contributed by atoms with Crippen molar-refractivity contribution in [1.29, 1.82) is 0 Å². The zero-order valence-corrected chi connectivity index (χ0v) is 39.6. The Balaban J connectivity index is 0.876. The number of hydrogen-bond donors (Lipinski definition) is 0. The first-order valence-electron chi connectivity index (χ1n) is 23.9. The zero-order chi connectivity index (χ0) is 45.8. The van der Waals surface area contributed by atoms with Crippen LogP contribution in [0, 0.1) is 0 Å². The molecule has 0 atom stereocenters. The van der Waals surface area contributed by atoms with Crippen molar-refractivity contribution in [3.05, 3.63) is 238 Å². The van der Waals surface area contributed by atoms with Gasteiger partial charge in [-0.05, 0) is 143 Å². The molecular formula is C66H55N. The van der Waals surface area contributed by atoms with E-state index in [9.17, 15) is 0 Å². The molecule has 0 heterocycles. The lowest BCUT2D eigenvalue weighted by atomic mass is 9.81. The molecule has 1 heteroatoms. The molecule has 3 aliphatic rings. The van der Waals surface area contributed by atoms with Crippen LogP contribution >= 0.6 is 0 Å². The average Bonchev–Trinajstić information content (AvgIpc) is 3.82. The molecule has 9 aromatic carbocycles. The number of fused-ring (bicyclic) bond motifs is 10. The van der Waals surface area contributed by atoms with Crippen molar-refractivity contribution in [2.45, 2.75) is 64.7 Å². The van der Waals surface area contributed by atoms with E-state index in [0.29, 0.717) is 0 Å². The Morgan fingerprint density at radius 1 is 0.343 bits per heavy atom. The molecule has 324 valence electrons. The Bertz CT molecular complexity index is 3550. The van der Waals surface area contributed by atoms with Crippen LogP contribution in [0.3, 0.4) is 0 Å². The Labute approximate surface area is 396 Å². The SMILES string of the molecule is CC=Cc1ccc2c(c1)C(C)(C)c1cc(C=Cc3ccc4c(c3)C(C)(C)c3cc(N(c5ccc(-c6ccc7c(c6)C(C)(C)c6ccccc6-7)cc5)c5cccc6ccccc56)ccc3-4)ccc1-2. The van der Waals surface area contributed by atoms with E-state index in [1.54, 1.807) is 0 Å². The van der Waals surface area contributed by atoms with E-state index in [0.717, 1.165) is 11.4 Å². The van der Waals surface area contributed by atoms with E-state index in [4.69, 9.17) is 0 Å². The van der Waals surface area contributed by atoms with Crippen LogP contribution in [0.15, 0.2) is 188 Å². The maximum absolute atomic E-state index is 2.46. The van der Waals surface area contributed by atoms with Crippen LogP contribution in [-0.2, 0) is 16.2 Å². The minimum Gasteiger partial charge on any atom is -0.310 e. The lowest BCUT2D eigenvalue weighted by molar-refractivity contribution is 0.660. The van der Waals surface area contributed by atoms with Crippen molar-refractivity contribution in [3.8, 4) is 44.5 Å². The fraction of sp³-hybridized carbons (Fsp3) is 0.152. The molecule has 1 nitrogen and oxygen atoms in total. The molecule has 3 aliphatic carbocycles. The lowest BCUT2D eigenvalue weighted by Gasteiger charge is -2.29. The molecule has 0 fully saturated rings. The van der Waals surface area contributed by atoms with Crippen LogP contribution in [0.1, 0.15) is 98.5 Å². The molecule has 0 radical (unpaired) electrons. The quantitative estimate of drug-likeness (QED) is 0.144. The fourth-order valence-corrected chi connectivity index (χ4v) is 11.9. The number of benzene rings is 9. The largest absolute Gasteiger partial charge is 0.310 e. The van der Waals surface area contributed by atoms with Gasteiger partial charge in [-0.25, -0.2) is 0 Å². The summed E-state index contributed by atoms with van der Waals surface area (Å²) < 4.78 is 0. The Kier molecular flexibility index (Phi) is 9.19. The van der Waals surface area contributed by atoms with Gasteiger partial charge in [-0.3, -0.25) is 0 Å². The number of allylic oxidation sites excluding steroid dienone is 1. The monoisotopic (exact) mass is 861 g/mol. The average molecular weight is 862 g/mol. The summed E-state index contributed by atoms with van der Waals surface area (Å²) >= 11 is 0. The highest BCUT2D eigenvalue weighted by Gasteiger charge is 2.38. The van der Waals surface area contributed by atoms with Crippen molar-refractivity contribution in [3.63, 3.8) is 0 Å². The molecule has 0 amide bonds. The molecule has 0 spiro atoms. The highest BCUT2D eigenvalue weighted by molar-refractivity contribution is 6.00. The van der Waals surface area contributed by atoms with Crippen LogP contribution in [0.25, 0.3) is 73.5 Å². The van der Waals surface area contributed by atoms with Crippen molar-refractivity contribution in [1.82, 2.24) is 0 Å². The van der Waals surface area contributed by atoms with Gasteiger partial charge in [0, 0.05) is 33.0 Å². The second-order valence-electron chi connectivity index (χ2n) is 20.5. The molecule has 0 aliphatic heterocycles. The maximum atomic E-state index is 2.46. The molecular weight excluding hydrogens is 807 g/mol. The molecule has 0 bridgehead atoms. The predicted octanol–water partition coefficient (Wildman–Crippen LogP) is 18.1. The first-order valence-corrected chi connectivity index (χ1v) is 23.9. The molecule has 0 aromatic heterocycles. The van der Waals surface area contributed by atoms with Gasteiger partial charge in [0.25, 0.3) is 0 Å². The van der Waals surface area contributed by atoms with E-state index >= 15 is 0 Å². The Morgan fingerprint density at radius 3 is 1.42 bits per heavy atom. The molecule has 0 saturated heterocycles. The molecule has 0 unspecified atom stereocenters. The van der Waals surface area contributed by atoms with E-state index < -0.39 is 0 Å². The van der Waals surface area contributed by atoms with Crippen molar-refractivity contribution in [2.75, 3.05) is 4.90 Å². The van der Waals surface area contributed by atoms with E-state index in [1.807, 2.05) is 0 Å². The summed E-state index contributed by atoms with van der Waals surface area (Å²) in [6, 6.07) is 68.6. The summed E-state index contributed by atoms with van der Waals surface area (Å²) in [6.45, 7) is 16.3. The number of rotatable bonds is 7. The Hall–Kier alpha value is -7.48. The summed E-state index contributed by atoms with van der Waals surface area (Å²) in [5.41, 5.74) is 25.7. The molecule has 67 heavy (non-hydrogen) atoms. The second-order valence-corrected chi connectivity index (χ2v) is 20.5. The predicted molar refractivity (Wildman–Crippen MR) is 287 cm³/mol. The van der Waals surface area contributed by atoms with Crippen molar-refractivity contribution < 1.29 is 0 Å². The number of nitrogens with zero attached hydrogens (tertiary/aromatic N) is 1. The van der Waals surface area contributed by atoms with Crippen LogP contribution < -0.4 is 4.90 Å². The fourth-order valence-electron chi connectivity index (χ4n) is 11.9. The molecule has 12 rings (SSSR count). The van der Waals surface area contributed by atoms with Crippen LogP contribution in [-0.4, -0.2) is 0 Å². The summed E-state index contributed by atoms with van der Waals surface area (Å²) in [6.07, 6.45) is 8.89. The highest BCUT2D eigenvalue weighted by atomic mass is 15.1. The van der Waals surface area contributed by atoms with Crippen molar-refractivity contribution >= 4 is 46.1 Å². The first kappa shape index (κ1) is 41.0. The minimum atomic E-state index is -0.199. The van der Waals surface area contributed by atoms with Gasteiger partial charge in [-0.15, -0.1) is 0 Å². The van der Waals surface area contributed by atoms with E-state index in [1.165, 1.54) is 111 Å². The normalized spacial score (nSPS) is 15.3. The van der Waals surface area contributed by atoms with Gasteiger partial charge in [-0.1, -0.05) is 211 Å². The van der Waals surface area contributed by atoms with Gasteiger partial charge in [0.15, 0.2) is 0 Å². The second kappa shape index (κ2) is 15.0. The van der Waals surface area contributed by atoms with Gasteiger partial charge in [0.2, 0.25) is 0 Å². The van der Waals surface area contributed by atoms with Crippen LogP contribution in [0.2, 0.25) is 0 Å². The summed E-state index contributed by atoms with van der Waals surface area (Å²) in [5, 5.41) is 2.45. The van der Waals surface area contributed by atoms with Crippen LogP contribution in [0.4, 0.5) is 17.1 Å². The molecule has 0 saturated carbocycles.